The van der Waals surface area contributed by atoms with Gasteiger partial charge in [0.15, 0.2) is 0 Å². The zero-order chi connectivity index (χ0) is 15.5. The highest BCUT2D eigenvalue weighted by Gasteiger charge is 2.33. The maximum atomic E-state index is 12.5. The first-order chi connectivity index (χ1) is 9.95. The van der Waals surface area contributed by atoms with Gasteiger partial charge in [0.1, 0.15) is 0 Å². The zero-order valence-corrected chi connectivity index (χ0v) is 13.7. The average Bonchev–Trinajstić information content (AvgIpc) is 2.91. The SMILES string of the molecule is CCCCN(C)S(=O)(=O)N1CCOC(c2cnn(C)c2)C1. The van der Waals surface area contributed by atoms with Gasteiger partial charge in [-0.25, -0.2) is 0 Å². The van der Waals surface area contributed by atoms with Gasteiger partial charge in [0.25, 0.3) is 10.2 Å². The normalized spacial score (nSPS) is 21.0. The number of ether oxygens (including phenoxy) is 1. The van der Waals surface area contributed by atoms with Crippen LogP contribution in [0.5, 0.6) is 0 Å². The van der Waals surface area contributed by atoms with Crippen molar-refractivity contribution in [2.45, 2.75) is 25.9 Å². The molecule has 21 heavy (non-hydrogen) atoms. The van der Waals surface area contributed by atoms with E-state index in [1.54, 1.807) is 17.9 Å². The zero-order valence-electron chi connectivity index (χ0n) is 12.9. The predicted octanol–water partition coefficient (Wildman–Crippen LogP) is 0.770. The van der Waals surface area contributed by atoms with Gasteiger partial charge in [0.05, 0.1) is 18.9 Å². The Labute approximate surface area is 126 Å². The Bertz CT molecular complexity index is 558. The standard InChI is InChI=1S/C13H24N4O3S/c1-4-5-6-16(3)21(18,19)17-7-8-20-13(11-17)12-9-14-15(2)10-12/h9-10,13H,4-8,11H2,1-3H3. The third kappa shape index (κ3) is 3.82. The Hall–Kier alpha value is -0.960. The number of morpholine rings is 1. The van der Waals surface area contributed by atoms with E-state index in [0.717, 1.165) is 18.4 Å². The summed E-state index contributed by atoms with van der Waals surface area (Å²) in [6.45, 7) is 3.74. The van der Waals surface area contributed by atoms with Gasteiger partial charge in [0, 0.05) is 45.5 Å². The van der Waals surface area contributed by atoms with Crippen molar-refractivity contribution in [1.82, 2.24) is 18.4 Å². The lowest BCUT2D eigenvalue weighted by Crippen LogP contribution is -2.48. The molecule has 8 heteroatoms. The Morgan fingerprint density at radius 1 is 1.52 bits per heavy atom. The van der Waals surface area contributed by atoms with Gasteiger partial charge < -0.3 is 4.74 Å². The summed E-state index contributed by atoms with van der Waals surface area (Å²) < 4.78 is 35.4. The second-order valence-corrected chi connectivity index (χ2v) is 7.38. The molecular formula is C13H24N4O3S. The van der Waals surface area contributed by atoms with Crippen LogP contribution in [0.1, 0.15) is 31.4 Å². The van der Waals surface area contributed by atoms with Gasteiger partial charge in [0.2, 0.25) is 0 Å². The van der Waals surface area contributed by atoms with Gasteiger partial charge in [-0.05, 0) is 6.42 Å². The molecule has 1 aliphatic heterocycles. The Morgan fingerprint density at radius 2 is 2.29 bits per heavy atom. The van der Waals surface area contributed by atoms with Crippen molar-refractivity contribution in [2.24, 2.45) is 7.05 Å². The molecule has 0 amide bonds. The number of nitrogens with zero attached hydrogens (tertiary/aromatic N) is 4. The quantitative estimate of drug-likeness (QED) is 0.777. The van der Waals surface area contributed by atoms with Crippen LogP contribution in [0.3, 0.4) is 0 Å². The van der Waals surface area contributed by atoms with E-state index in [2.05, 4.69) is 5.10 Å². The van der Waals surface area contributed by atoms with Crippen LogP contribution in [0.25, 0.3) is 0 Å². The highest BCUT2D eigenvalue weighted by atomic mass is 32.2. The number of hydrogen-bond acceptors (Lipinski definition) is 4. The van der Waals surface area contributed by atoms with Crippen LogP contribution >= 0.6 is 0 Å². The van der Waals surface area contributed by atoms with E-state index in [4.69, 9.17) is 4.74 Å². The van der Waals surface area contributed by atoms with Crippen LogP contribution in [0.2, 0.25) is 0 Å². The minimum Gasteiger partial charge on any atom is -0.371 e. The predicted molar refractivity (Wildman–Crippen MR) is 79.9 cm³/mol. The highest BCUT2D eigenvalue weighted by Crippen LogP contribution is 2.24. The number of aryl methyl sites for hydroxylation is 1. The van der Waals surface area contributed by atoms with E-state index < -0.39 is 10.2 Å². The fraction of sp³-hybridized carbons (Fsp3) is 0.769. The molecule has 2 heterocycles. The third-order valence-electron chi connectivity index (χ3n) is 3.67. The summed E-state index contributed by atoms with van der Waals surface area (Å²) in [4.78, 5) is 0. The molecule has 0 radical (unpaired) electrons. The summed E-state index contributed by atoms with van der Waals surface area (Å²) in [5.74, 6) is 0. The summed E-state index contributed by atoms with van der Waals surface area (Å²) in [6.07, 6.45) is 5.18. The van der Waals surface area contributed by atoms with Gasteiger partial charge in [-0.1, -0.05) is 13.3 Å². The van der Waals surface area contributed by atoms with E-state index in [1.807, 2.05) is 20.2 Å². The summed E-state index contributed by atoms with van der Waals surface area (Å²) in [5.41, 5.74) is 0.911. The molecule has 1 aromatic heterocycles. The maximum absolute atomic E-state index is 12.5. The molecule has 0 aliphatic carbocycles. The molecule has 1 fully saturated rings. The van der Waals surface area contributed by atoms with Crippen molar-refractivity contribution in [3.05, 3.63) is 18.0 Å². The minimum atomic E-state index is -3.41. The Kier molecular flexibility index (Phi) is 5.37. The van der Waals surface area contributed by atoms with E-state index in [1.165, 1.54) is 8.61 Å². The van der Waals surface area contributed by atoms with Gasteiger partial charge in [-0.15, -0.1) is 0 Å². The molecular weight excluding hydrogens is 292 g/mol. The summed E-state index contributed by atoms with van der Waals surface area (Å²) >= 11 is 0. The molecule has 0 bridgehead atoms. The first-order valence-corrected chi connectivity index (χ1v) is 8.66. The summed E-state index contributed by atoms with van der Waals surface area (Å²) in [7, 11) is 0.0622. The van der Waals surface area contributed by atoms with Gasteiger partial charge in [-0.3, -0.25) is 4.68 Å². The molecule has 7 nitrogen and oxygen atoms in total. The van der Waals surface area contributed by atoms with Crippen LogP contribution in [0, 0.1) is 0 Å². The highest BCUT2D eigenvalue weighted by molar-refractivity contribution is 7.86. The second-order valence-electron chi connectivity index (χ2n) is 5.35. The van der Waals surface area contributed by atoms with Crippen molar-refractivity contribution in [3.8, 4) is 0 Å². The Morgan fingerprint density at radius 3 is 2.90 bits per heavy atom. The Balaban J connectivity index is 2.06. The van der Waals surface area contributed by atoms with Crippen LogP contribution in [-0.2, 0) is 22.0 Å². The van der Waals surface area contributed by atoms with Crippen molar-refractivity contribution in [1.29, 1.82) is 0 Å². The molecule has 1 aromatic rings. The average molecular weight is 316 g/mol. The lowest BCUT2D eigenvalue weighted by atomic mass is 10.2. The lowest BCUT2D eigenvalue weighted by molar-refractivity contribution is -0.00412. The number of rotatable bonds is 6. The summed E-state index contributed by atoms with van der Waals surface area (Å²) in [6, 6.07) is 0. The van der Waals surface area contributed by atoms with Crippen LogP contribution in [0.4, 0.5) is 0 Å². The third-order valence-corrected chi connectivity index (χ3v) is 5.63. The molecule has 0 aromatic carbocycles. The summed E-state index contributed by atoms with van der Waals surface area (Å²) in [5, 5.41) is 4.11. The molecule has 1 saturated heterocycles. The topological polar surface area (TPSA) is 67.7 Å². The monoisotopic (exact) mass is 316 g/mol. The van der Waals surface area contributed by atoms with Crippen LogP contribution in [-0.4, -0.2) is 60.1 Å². The molecule has 2 rings (SSSR count). The van der Waals surface area contributed by atoms with E-state index in [0.29, 0.717) is 26.2 Å². The smallest absolute Gasteiger partial charge is 0.281 e. The van der Waals surface area contributed by atoms with E-state index in [9.17, 15) is 8.42 Å². The largest absolute Gasteiger partial charge is 0.371 e. The van der Waals surface area contributed by atoms with E-state index in [-0.39, 0.29) is 6.10 Å². The first-order valence-electron chi connectivity index (χ1n) is 7.26. The molecule has 1 atom stereocenters. The number of unbranched alkanes of at least 4 members (excludes halogenated alkanes) is 1. The minimum absolute atomic E-state index is 0.248. The molecule has 120 valence electrons. The van der Waals surface area contributed by atoms with Crippen molar-refractivity contribution in [3.63, 3.8) is 0 Å². The van der Waals surface area contributed by atoms with Crippen molar-refractivity contribution >= 4 is 10.2 Å². The molecule has 0 spiro atoms. The molecule has 1 unspecified atom stereocenters. The fourth-order valence-electron chi connectivity index (χ4n) is 2.34. The van der Waals surface area contributed by atoms with Gasteiger partial charge in [-0.2, -0.15) is 22.1 Å². The molecule has 0 N–H and O–H groups in total. The second kappa shape index (κ2) is 6.87. The van der Waals surface area contributed by atoms with Crippen molar-refractivity contribution < 1.29 is 13.2 Å². The first kappa shape index (κ1) is 16.4. The van der Waals surface area contributed by atoms with Crippen molar-refractivity contribution in [2.75, 3.05) is 33.3 Å². The molecule has 1 aliphatic rings. The van der Waals surface area contributed by atoms with Gasteiger partial charge >= 0.3 is 0 Å². The molecule has 0 saturated carbocycles. The van der Waals surface area contributed by atoms with Crippen LogP contribution < -0.4 is 0 Å². The van der Waals surface area contributed by atoms with Crippen LogP contribution in [0.15, 0.2) is 12.4 Å². The lowest BCUT2D eigenvalue weighted by Gasteiger charge is -2.34. The van der Waals surface area contributed by atoms with E-state index >= 15 is 0 Å². The maximum Gasteiger partial charge on any atom is 0.281 e. The fourth-order valence-corrected chi connectivity index (χ4v) is 3.72. The number of aromatic nitrogens is 2. The number of hydrogen-bond donors (Lipinski definition) is 0.